The van der Waals surface area contributed by atoms with E-state index in [4.69, 9.17) is 23.2 Å². The van der Waals surface area contributed by atoms with E-state index < -0.39 is 0 Å². The summed E-state index contributed by atoms with van der Waals surface area (Å²) in [6.07, 6.45) is 0. The van der Waals surface area contributed by atoms with Crippen LogP contribution in [0.1, 0.15) is 22.5 Å². The summed E-state index contributed by atoms with van der Waals surface area (Å²) in [7, 11) is 1.96. The lowest BCUT2D eigenvalue weighted by atomic mass is 10.2. The van der Waals surface area contributed by atoms with Gasteiger partial charge in [0.1, 0.15) is 0 Å². The number of hydrogen-bond donors (Lipinski definition) is 1. The Bertz CT molecular complexity index is 591. The Balaban J connectivity index is 2.02. The third-order valence-corrected chi connectivity index (χ3v) is 4.17. The second-order valence-electron chi connectivity index (χ2n) is 4.59. The molecular formula is C14H17Cl2N3. The summed E-state index contributed by atoms with van der Waals surface area (Å²) in [6.45, 7) is 5.56. The molecule has 1 aromatic carbocycles. The molecule has 0 saturated carbocycles. The fraction of sp³-hybridized carbons (Fsp3) is 0.357. The van der Waals surface area contributed by atoms with Crippen LogP contribution in [0.25, 0.3) is 0 Å². The summed E-state index contributed by atoms with van der Waals surface area (Å²) in [5.41, 5.74) is 4.49. The Kier molecular flexibility index (Phi) is 4.50. The lowest BCUT2D eigenvalue weighted by Gasteiger charge is -2.08. The van der Waals surface area contributed by atoms with E-state index in [9.17, 15) is 0 Å². The molecule has 0 spiro atoms. The summed E-state index contributed by atoms with van der Waals surface area (Å²) >= 11 is 12.1. The van der Waals surface area contributed by atoms with Crippen LogP contribution in [0.3, 0.4) is 0 Å². The fourth-order valence-electron chi connectivity index (χ4n) is 2.08. The first kappa shape index (κ1) is 14.4. The summed E-state index contributed by atoms with van der Waals surface area (Å²) in [4.78, 5) is 0. The molecule has 1 N–H and O–H groups in total. The molecular weight excluding hydrogens is 281 g/mol. The number of nitrogens with one attached hydrogen (secondary N) is 1. The second-order valence-corrected chi connectivity index (χ2v) is 5.37. The Morgan fingerprint density at radius 3 is 2.58 bits per heavy atom. The van der Waals surface area contributed by atoms with Gasteiger partial charge >= 0.3 is 0 Å². The van der Waals surface area contributed by atoms with Crippen molar-refractivity contribution in [2.45, 2.75) is 26.9 Å². The smallest absolute Gasteiger partial charge is 0.0641 e. The number of nitrogens with zero attached hydrogens (tertiary/aromatic N) is 2. The van der Waals surface area contributed by atoms with Crippen molar-refractivity contribution in [3.8, 4) is 0 Å². The molecule has 0 fully saturated rings. The van der Waals surface area contributed by atoms with E-state index >= 15 is 0 Å². The highest BCUT2D eigenvalue weighted by atomic mass is 35.5. The van der Waals surface area contributed by atoms with E-state index in [0.717, 1.165) is 17.8 Å². The third kappa shape index (κ3) is 3.11. The largest absolute Gasteiger partial charge is 0.308 e. The molecule has 0 unspecified atom stereocenters. The molecule has 0 bridgehead atoms. The SMILES string of the molecule is Cc1nn(C)c(C)c1CNCc1cccc(Cl)c1Cl. The van der Waals surface area contributed by atoms with Crippen LogP contribution in [-0.4, -0.2) is 9.78 Å². The van der Waals surface area contributed by atoms with Crippen molar-refractivity contribution in [2.75, 3.05) is 0 Å². The van der Waals surface area contributed by atoms with Gasteiger partial charge in [0.05, 0.1) is 15.7 Å². The van der Waals surface area contributed by atoms with Crippen molar-refractivity contribution < 1.29 is 0 Å². The zero-order valence-electron chi connectivity index (χ0n) is 11.3. The van der Waals surface area contributed by atoms with Gasteiger partial charge in [-0.2, -0.15) is 5.10 Å². The van der Waals surface area contributed by atoms with Crippen LogP contribution in [0.5, 0.6) is 0 Å². The van der Waals surface area contributed by atoms with Gasteiger partial charge in [0.15, 0.2) is 0 Å². The van der Waals surface area contributed by atoms with Gasteiger partial charge in [-0.3, -0.25) is 4.68 Å². The maximum Gasteiger partial charge on any atom is 0.0641 e. The highest BCUT2D eigenvalue weighted by Gasteiger charge is 2.09. The first-order valence-corrected chi connectivity index (χ1v) is 6.89. The monoisotopic (exact) mass is 297 g/mol. The van der Waals surface area contributed by atoms with E-state index in [-0.39, 0.29) is 0 Å². The Morgan fingerprint density at radius 2 is 1.95 bits per heavy atom. The van der Waals surface area contributed by atoms with Crippen LogP contribution in [-0.2, 0) is 20.1 Å². The average molecular weight is 298 g/mol. The molecule has 0 saturated heterocycles. The number of halogens is 2. The molecule has 102 valence electrons. The van der Waals surface area contributed by atoms with Gasteiger partial charge in [-0.05, 0) is 25.5 Å². The fourth-order valence-corrected chi connectivity index (χ4v) is 2.47. The van der Waals surface area contributed by atoms with Gasteiger partial charge in [-0.25, -0.2) is 0 Å². The van der Waals surface area contributed by atoms with Crippen LogP contribution in [0, 0.1) is 13.8 Å². The molecule has 1 aromatic heterocycles. The predicted molar refractivity (Wildman–Crippen MR) is 79.7 cm³/mol. The van der Waals surface area contributed by atoms with Crippen LogP contribution in [0.2, 0.25) is 10.0 Å². The quantitative estimate of drug-likeness (QED) is 0.934. The van der Waals surface area contributed by atoms with Gasteiger partial charge < -0.3 is 5.32 Å². The molecule has 2 aromatic rings. The maximum atomic E-state index is 6.15. The number of aryl methyl sites for hydroxylation is 2. The second kappa shape index (κ2) is 5.95. The van der Waals surface area contributed by atoms with Crippen LogP contribution in [0.4, 0.5) is 0 Å². The first-order chi connectivity index (χ1) is 9.00. The Hall–Kier alpha value is -1.03. The molecule has 0 atom stereocenters. The Labute approximate surface area is 123 Å². The predicted octanol–water partition coefficient (Wildman–Crippen LogP) is 3.63. The van der Waals surface area contributed by atoms with Crippen LogP contribution in [0.15, 0.2) is 18.2 Å². The topological polar surface area (TPSA) is 29.9 Å². The van der Waals surface area contributed by atoms with Crippen molar-refractivity contribution in [1.82, 2.24) is 15.1 Å². The first-order valence-electron chi connectivity index (χ1n) is 6.13. The number of benzene rings is 1. The van der Waals surface area contributed by atoms with Gasteiger partial charge in [0.25, 0.3) is 0 Å². The van der Waals surface area contributed by atoms with E-state index in [1.165, 1.54) is 11.3 Å². The highest BCUT2D eigenvalue weighted by molar-refractivity contribution is 6.42. The minimum absolute atomic E-state index is 0.592. The number of hydrogen-bond acceptors (Lipinski definition) is 2. The zero-order chi connectivity index (χ0) is 14.0. The highest BCUT2D eigenvalue weighted by Crippen LogP contribution is 2.25. The lowest BCUT2D eigenvalue weighted by molar-refractivity contribution is 0.684. The normalized spacial score (nSPS) is 11.0. The van der Waals surface area contributed by atoms with Crippen molar-refractivity contribution in [3.63, 3.8) is 0 Å². The van der Waals surface area contributed by atoms with Gasteiger partial charge in [-0.1, -0.05) is 35.3 Å². The molecule has 0 aliphatic rings. The summed E-state index contributed by atoms with van der Waals surface area (Å²) < 4.78 is 1.90. The van der Waals surface area contributed by atoms with E-state index in [1.54, 1.807) is 6.07 Å². The lowest BCUT2D eigenvalue weighted by Crippen LogP contribution is -2.14. The molecule has 3 nitrogen and oxygen atoms in total. The molecule has 2 rings (SSSR count). The van der Waals surface area contributed by atoms with Gasteiger partial charge in [0, 0.05) is 31.4 Å². The summed E-state index contributed by atoms with van der Waals surface area (Å²) in [5.74, 6) is 0. The van der Waals surface area contributed by atoms with Crippen molar-refractivity contribution in [1.29, 1.82) is 0 Å². The standard InChI is InChI=1S/C14H17Cl2N3/c1-9-12(10(2)19(3)18-9)8-17-7-11-5-4-6-13(15)14(11)16/h4-6,17H,7-8H2,1-3H3. The van der Waals surface area contributed by atoms with Crippen molar-refractivity contribution in [3.05, 3.63) is 50.8 Å². The van der Waals surface area contributed by atoms with Crippen molar-refractivity contribution in [2.24, 2.45) is 7.05 Å². The molecule has 19 heavy (non-hydrogen) atoms. The zero-order valence-corrected chi connectivity index (χ0v) is 12.8. The molecule has 1 heterocycles. The molecule has 0 aliphatic heterocycles. The van der Waals surface area contributed by atoms with Crippen molar-refractivity contribution >= 4 is 23.2 Å². The minimum atomic E-state index is 0.592. The molecule has 5 heteroatoms. The Morgan fingerprint density at radius 1 is 1.21 bits per heavy atom. The van der Waals surface area contributed by atoms with Gasteiger partial charge in [-0.15, -0.1) is 0 Å². The molecule has 0 aliphatic carbocycles. The average Bonchev–Trinajstić information content (AvgIpc) is 2.61. The van der Waals surface area contributed by atoms with E-state index in [1.807, 2.05) is 30.8 Å². The molecule has 0 radical (unpaired) electrons. The maximum absolute atomic E-state index is 6.15. The van der Waals surface area contributed by atoms with E-state index in [0.29, 0.717) is 16.6 Å². The minimum Gasteiger partial charge on any atom is -0.308 e. The van der Waals surface area contributed by atoms with Gasteiger partial charge in [0.2, 0.25) is 0 Å². The third-order valence-electron chi connectivity index (χ3n) is 3.31. The number of aromatic nitrogens is 2. The van der Waals surface area contributed by atoms with Crippen LogP contribution >= 0.6 is 23.2 Å². The summed E-state index contributed by atoms with van der Waals surface area (Å²) in [6, 6.07) is 5.68. The summed E-state index contributed by atoms with van der Waals surface area (Å²) in [5, 5.41) is 9.00. The van der Waals surface area contributed by atoms with Crippen LogP contribution < -0.4 is 5.32 Å². The molecule has 0 amide bonds. The number of rotatable bonds is 4. The van der Waals surface area contributed by atoms with E-state index in [2.05, 4.69) is 17.3 Å².